The first-order valence-electron chi connectivity index (χ1n) is 8.15. The van der Waals surface area contributed by atoms with Gasteiger partial charge in [-0.05, 0) is 77.1 Å². The number of nitrogens with zero attached hydrogens (tertiary/aromatic N) is 1. The highest BCUT2D eigenvalue weighted by molar-refractivity contribution is 5.99. The summed E-state index contributed by atoms with van der Waals surface area (Å²) >= 11 is 0. The predicted molar refractivity (Wildman–Crippen MR) is 94.6 cm³/mol. The van der Waals surface area contributed by atoms with Crippen LogP contribution in [0.25, 0.3) is 11.1 Å². The number of ether oxygens (including phenoxy) is 1. The molecule has 2 aromatic carbocycles. The number of allylic oxidation sites excluding steroid dienone is 1. The van der Waals surface area contributed by atoms with Crippen LogP contribution in [-0.4, -0.2) is 16.3 Å². The van der Waals surface area contributed by atoms with Crippen LogP contribution >= 0.6 is 0 Å². The quantitative estimate of drug-likeness (QED) is 0.874. The molecule has 0 saturated heterocycles. The van der Waals surface area contributed by atoms with E-state index in [2.05, 4.69) is 6.07 Å². The van der Waals surface area contributed by atoms with Gasteiger partial charge in [0.2, 0.25) is 0 Å². The second-order valence-electron chi connectivity index (χ2n) is 6.44. The van der Waals surface area contributed by atoms with Gasteiger partial charge in [-0.25, -0.2) is 0 Å². The summed E-state index contributed by atoms with van der Waals surface area (Å²) < 4.78 is 5.43. The summed E-state index contributed by atoms with van der Waals surface area (Å²) in [5, 5.41) is 29.1. The molecule has 0 spiro atoms. The number of aryl methyl sites for hydroxylation is 1. The van der Waals surface area contributed by atoms with E-state index in [1.165, 1.54) is 0 Å². The van der Waals surface area contributed by atoms with Gasteiger partial charge in [-0.3, -0.25) is 0 Å². The number of aromatic hydroxyl groups is 2. The summed E-state index contributed by atoms with van der Waals surface area (Å²) in [4.78, 5) is 0. The van der Waals surface area contributed by atoms with E-state index in [0.717, 1.165) is 39.8 Å². The molecular formula is C21H17NO3. The zero-order chi connectivity index (χ0) is 17.6. The number of hydrogen-bond acceptors (Lipinski definition) is 4. The monoisotopic (exact) mass is 331 g/mol. The van der Waals surface area contributed by atoms with Crippen molar-refractivity contribution in [3.05, 3.63) is 71.0 Å². The molecule has 0 radical (unpaired) electrons. The van der Waals surface area contributed by atoms with E-state index in [-0.39, 0.29) is 17.4 Å². The van der Waals surface area contributed by atoms with Crippen molar-refractivity contribution < 1.29 is 14.9 Å². The Bertz CT molecular complexity index is 948. The van der Waals surface area contributed by atoms with Gasteiger partial charge >= 0.3 is 0 Å². The van der Waals surface area contributed by atoms with Gasteiger partial charge in [0.15, 0.2) is 6.10 Å². The van der Waals surface area contributed by atoms with E-state index in [0.29, 0.717) is 0 Å². The van der Waals surface area contributed by atoms with Crippen LogP contribution in [0.1, 0.15) is 22.3 Å². The summed E-state index contributed by atoms with van der Waals surface area (Å²) in [7, 11) is 0. The van der Waals surface area contributed by atoms with E-state index in [1.807, 2.05) is 25.1 Å². The Kier molecular flexibility index (Phi) is 3.51. The first-order chi connectivity index (χ1) is 12.1. The molecule has 2 aromatic rings. The van der Waals surface area contributed by atoms with E-state index in [4.69, 9.17) is 4.74 Å². The SMILES string of the molecule is Cc1cc(O)cc2c1CC(c1ccc(O)cc1)=C2C1C=COC1C#N. The van der Waals surface area contributed by atoms with Crippen molar-refractivity contribution in [3.63, 3.8) is 0 Å². The minimum absolute atomic E-state index is 0.184. The molecule has 0 fully saturated rings. The van der Waals surface area contributed by atoms with Gasteiger partial charge in [-0.1, -0.05) is 12.1 Å². The van der Waals surface area contributed by atoms with E-state index in [9.17, 15) is 15.5 Å². The third kappa shape index (κ3) is 2.45. The zero-order valence-corrected chi connectivity index (χ0v) is 13.7. The van der Waals surface area contributed by atoms with Gasteiger partial charge < -0.3 is 14.9 Å². The summed E-state index contributed by atoms with van der Waals surface area (Å²) in [5.41, 5.74) is 6.27. The molecule has 0 saturated carbocycles. The van der Waals surface area contributed by atoms with Gasteiger partial charge in [0.1, 0.15) is 17.6 Å². The van der Waals surface area contributed by atoms with E-state index in [1.54, 1.807) is 30.5 Å². The fourth-order valence-electron chi connectivity index (χ4n) is 3.77. The maximum Gasteiger partial charge on any atom is 0.193 e. The van der Waals surface area contributed by atoms with Crippen molar-refractivity contribution in [2.45, 2.75) is 19.4 Å². The number of fused-ring (bicyclic) bond motifs is 1. The molecule has 1 aliphatic heterocycles. The normalized spacial score (nSPS) is 21.1. The highest BCUT2D eigenvalue weighted by Gasteiger charge is 2.35. The van der Waals surface area contributed by atoms with Crippen molar-refractivity contribution in [2.75, 3.05) is 0 Å². The van der Waals surface area contributed by atoms with Crippen LogP contribution in [-0.2, 0) is 11.2 Å². The van der Waals surface area contributed by atoms with Crippen LogP contribution in [0.3, 0.4) is 0 Å². The molecule has 25 heavy (non-hydrogen) atoms. The third-order valence-corrected chi connectivity index (χ3v) is 4.94. The topological polar surface area (TPSA) is 73.5 Å². The van der Waals surface area contributed by atoms with Crippen LogP contribution in [0, 0.1) is 24.2 Å². The largest absolute Gasteiger partial charge is 0.508 e. The number of nitriles is 1. The molecule has 0 amide bonds. The number of hydrogen-bond donors (Lipinski definition) is 2. The van der Waals surface area contributed by atoms with Gasteiger partial charge in [0.05, 0.1) is 12.2 Å². The molecule has 2 atom stereocenters. The average Bonchev–Trinajstić information content (AvgIpc) is 3.19. The molecule has 2 unspecified atom stereocenters. The fourth-order valence-corrected chi connectivity index (χ4v) is 3.77. The van der Waals surface area contributed by atoms with Crippen molar-refractivity contribution in [1.29, 1.82) is 5.26 Å². The third-order valence-electron chi connectivity index (χ3n) is 4.94. The fraction of sp³-hybridized carbons (Fsp3) is 0.190. The van der Waals surface area contributed by atoms with Crippen molar-refractivity contribution in [1.82, 2.24) is 0 Å². The van der Waals surface area contributed by atoms with Crippen LogP contribution in [0.5, 0.6) is 11.5 Å². The van der Waals surface area contributed by atoms with E-state index >= 15 is 0 Å². The van der Waals surface area contributed by atoms with Gasteiger partial charge in [-0.15, -0.1) is 0 Å². The Balaban J connectivity index is 1.94. The summed E-state index contributed by atoms with van der Waals surface area (Å²) in [6.07, 6.45) is 3.63. The predicted octanol–water partition coefficient (Wildman–Crippen LogP) is 3.93. The molecule has 2 N–H and O–H groups in total. The molecule has 1 heterocycles. The van der Waals surface area contributed by atoms with Crippen LogP contribution in [0.15, 0.2) is 48.7 Å². The molecule has 1 aliphatic carbocycles. The summed E-state index contributed by atoms with van der Waals surface area (Å²) in [5.74, 6) is 0.252. The highest BCUT2D eigenvalue weighted by Crippen LogP contribution is 2.47. The Labute approximate surface area is 145 Å². The first-order valence-corrected chi connectivity index (χ1v) is 8.15. The second kappa shape index (κ2) is 5.71. The average molecular weight is 331 g/mol. The Hall–Kier alpha value is -3.19. The number of phenolic OH excluding ortho intramolecular Hbond substituents is 2. The lowest BCUT2D eigenvalue weighted by Gasteiger charge is -2.18. The smallest absolute Gasteiger partial charge is 0.193 e. The molecule has 0 aromatic heterocycles. The van der Waals surface area contributed by atoms with Crippen LogP contribution in [0.2, 0.25) is 0 Å². The summed E-state index contributed by atoms with van der Waals surface area (Å²) in [6.45, 7) is 1.98. The minimum atomic E-state index is -0.573. The first kappa shape index (κ1) is 15.3. The van der Waals surface area contributed by atoms with Crippen molar-refractivity contribution in [3.8, 4) is 17.6 Å². The van der Waals surface area contributed by atoms with E-state index < -0.39 is 6.10 Å². The minimum Gasteiger partial charge on any atom is -0.508 e. The molecular weight excluding hydrogens is 314 g/mol. The number of rotatable bonds is 2. The van der Waals surface area contributed by atoms with Gasteiger partial charge in [0.25, 0.3) is 0 Å². The lowest BCUT2D eigenvalue weighted by molar-refractivity contribution is 0.203. The Morgan fingerprint density at radius 2 is 1.88 bits per heavy atom. The van der Waals surface area contributed by atoms with Crippen molar-refractivity contribution >= 4 is 11.1 Å². The van der Waals surface area contributed by atoms with Crippen molar-refractivity contribution in [2.24, 2.45) is 5.92 Å². The second-order valence-corrected chi connectivity index (χ2v) is 6.44. The van der Waals surface area contributed by atoms with Gasteiger partial charge in [0, 0.05) is 0 Å². The molecule has 4 rings (SSSR count). The number of benzene rings is 2. The molecule has 4 nitrogen and oxygen atoms in total. The maximum absolute atomic E-state index is 10.1. The lowest BCUT2D eigenvalue weighted by atomic mass is 9.87. The van der Waals surface area contributed by atoms with Gasteiger partial charge in [-0.2, -0.15) is 5.26 Å². The van der Waals surface area contributed by atoms with Crippen LogP contribution < -0.4 is 0 Å². The Morgan fingerprint density at radius 1 is 1.12 bits per heavy atom. The maximum atomic E-state index is 10.1. The highest BCUT2D eigenvalue weighted by atomic mass is 16.5. The zero-order valence-electron chi connectivity index (χ0n) is 13.7. The molecule has 0 bridgehead atoms. The summed E-state index contributed by atoms with van der Waals surface area (Å²) in [6, 6.07) is 12.8. The Morgan fingerprint density at radius 3 is 2.60 bits per heavy atom. The molecule has 2 aliphatic rings. The standard InChI is InChI=1S/C21H17NO3/c1-12-8-15(24)9-19-17(12)10-18(13-2-4-14(23)5-3-13)21(19)16-6-7-25-20(16)11-22/h2-9,16,20,23-24H,10H2,1H3. The number of phenols is 2. The van der Waals surface area contributed by atoms with Crippen LogP contribution in [0.4, 0.5) is 0 Å². The molecule has 4 heteroatoms. The molecule has 124 valence electrons. The lowest BCUT2D eigenvalue weighted by Crippen LogP contribution is -2.16.